The average Bonchev–Trinajstić information content (AvgIpc) is 2.34. The van der Waals surface area contributed by atoms with Crippen LogP contribution < -0.4 is 10.6 Å². The zero-order chi connectivity index (χ0) is 13.4. The molecule has 2 N–H and O–H groups in total. The van der Waals surface area contributed by atoms with Crippen molar-refractivity contribution in [2.75, 3.05) is 40.4 Å². The van der Waals surface area contributed by atoms with Gasteiger partial charge in [-0.25, -0.2) is 0 Å². The Kier molecular flexibility index (Phi) is 7.23. The molecule has 2 atom stereocenters. The molecule has 1 saturated heterocycles. The Bertz CT molecular complexity index is 248. The van der Waals surface area contributed by atoms with E-state index < -0.39 is 0 Å². The lowest BCUT2D eigenvalue weighted by atomic mass is 9.99. The van der Waals surface area contributed by atoms with E-state index in [1.54, 1.807) is 7.11 Å². The number of nitrogens with zero attached hydrogens (tertiary/aromatic N) is 1. The van der Waals surface area contributed by atoms with Crippen molar-refractivity contribution in [1.29, 1.82) is 0 Å². The summed E-state index contributed by atoms with van der Waals surface area (Å²) in [7, 11) is 3.80. The quantitative estimate of drug-likeness (QED) is 0.640. The molecule has 0 saturated carbocycles. The lowest BCUT2D eigenvalue weighted by Crippen LogP contribution is -2.46. The van der Waals surface area contributed by atoms with Crippen molar-refractivity contribution in [3.63, 3.8) is 0 Å². The molecule has 106 valence electrons. The number of hydrogen-bond donors (Lipinski definition) is 2. The molecule has 1 rings (SSSR count). The van der Waals surface area contributed by atoms with Gasteiger partial charge in [0.15, 0.2) is 0 Å². The number of piperidine rings is 1. The van der Waals surface area contributed by atoms with Crippen LogP contribution in [0, 0.1) is 0 Å². The zero-order valence-corrected chi connectivity index (χ0v) is 11.9. The molecule has 1 fully saturated rings. The largest absolute Gasteiger partial charge is 0.383 e. The number of nitrogens with one attached hydrogen (secondary N) is 2. The van der Waals surface area contributed by atoms with Gasteiger partial charge in [0.1, 0.15) is 0 Å². The maximum Gasteiger partial charge on any atom is 0.221 e. The molecule has 5 heteroatoms. The summed E-state index contributed by atoms with van der Waals surface area (Å²) in [5.74, 6) is 0.0977. The van der Waals surface area contributed by atoms with E-state index in [1.165, 1.54) is 12.8 Å². The summed E-state index contributed by atoms with van der Waals surface area (Å²) in [6.45, 7) is 5.33. The Morgan fingerprint density at radius 1 is 1.44 bits per heavy atom. The molecule has 1 amide bonds. The highest BCUT2D eigenvalue weighted by Gasteiger charge is 2.22. The first-order chi connectivity index (χ1) is 8.63. The summed E-state index contributed by atoms with van der Waals surface area (Å²) < 4.78 is 4.88. The van der Waals surface area contributed by atoms with Crippen LogP contribution in [0.1, 0.15) is 26.2 Å². The van der Waals surface area contributed by atoms with Crippen molar-refractivity contribution in [2.24, 2.45) is 0 Å². The van der Waals surface area contributed by atoms with Crippen molar-refractivity contribution in [3.05, 3.63) is 0 Å². The summed E-state index contributed by atoms with van der Waals surface area (Å²) in [5.41, 5.74) is 0. The summed E-state index contributed by atoms with van der Waals surface area (Å²) >= 11 is 0. The third-order valence-corrected chi connectivity index (χ3v) is 3.62. The molecule has 0 aliphatic carbocycles. The fourth-order valence-electron chi connectivity index (χ4n) is 2.25. The summed E-state index contributed by atoms with van der Waals surface area (Å²) in [6.07, 6.45) is 2.89. The topological polar surface area (TPSA) is 53.6 Å². The Morgan fingerprint density at radius 2 is 2.22 bits per heavy atom. The second kappa shape index (κ2) is 8.45. The third-order valence-electron chi connectivity index (χ3n) is 3.62. The maximum absolute atomic E-state index is 11.5. The van der Waals surface area contributed by atoms with Gasteiger partial charge in [0.05, 0.1) is 6.61 Å². The fraction of sp³-hybridized carbons (Fsp3) is 0.923. The molecule has 1 aliphatic heterocycles. The maximum atomic E-state index is 11.5. The second-order valence-electron chi connectivity index (χ2n) is 5.10. The predicted molar refractivity (Wildman–Crippen MR) is 72.6 cm³/mol. The van der Waals surface area contributed by atoms with E-state index in [4.69, 9.17) is 4.74 Å². The van der Waals surface area contributed by atoms with Gasteiger partial charge < -0.3 is 20.3 Å². The molecule has 1 aliphatic rings. The normalized spacial score (nSPS) is 25.1. The van der Waals surface area contributed by atoms with Crippen LogP contribution in [-0.4, -0.2) is 63.3 Å². The molecular formula is C13H27N3O2. The molecule has 0 aromatic carbocycles. The summed E-state index contributed by atoms with van der Waals surface area (Å²) in [5, 5.41) is 6.30. The summed E-state index contributed by atoms with van der Waals surface area (Å²) in [4.78, 5) is 13.8. The van der Waals surface area contributed by atoms with Crippen molar-refractivity contribution < 1.29 is 9.53 Å². The minimum Gasteiger partial charge on any atom is -0.383 e. The van der Waals surface area contributed by atoms with Crippen LogP contribution in [0.2, 0.25) is 0 Å². The monoisotopic (exact) mass is 257 g/mol. The SMILES string of the molecule is COCCNC(=O)CCNC1CCN(C)C(C)C1. The van der Waals surface area contributed by atoms with Gasteiger partial charge in [0.25, 0.3) is 0 Å². The number of ether oxygens (including phenoxy) is 1. The van der Waals surface area contributed by atoms with Crippen molar-refractivity contribution >= 4 is 5.91 Å². The number of amides is 1. The van der Waals surface area contributed by atoms with Crippen molar-refractivity contribution in [3.8, 4) is 0 Å². The van der Waals surface area contributed by atoms with Gasteiger partial charge in [0, 0.05) is 38.7 Å². The van der Waals surface area contributed by atoms with Gasteiger partial charge >= 0.3 is 0 Å². The van der Waals surface area contributed by atoms with Crippen LogP contribution in [0.3, 0.4) is 0 Å². The Morgan fingerprint density at radius 3 is 2.89 bits per heavy atom. The van der Waals surface area contributed by atoms with Crippen LogP contribution in [-0.2, 0) is 9.53 Å². The number of hydrogen-bond acceptors (Lipinski definition) is 4. The fourth-order valence-corrected chi connectivity index (χ4v) is 2.25. The van der Waals surface area contributed by atoms with Gasteiger partial charge in [-0.2, -0.15) is 0 Å². The number of rotatable bonds is 7. The Hall–Kier alpha value is -0.650. The standard InChI is InChI=1S/C13H27N3O2/c1-11-10-12(5-8-16(11)2)14-6-4-13(17)15-7-9-18-3/h11-12,14H,4-10H2,1-3H3,(H,15,17). The molecule has 0 spiro atoms. The molecule has 1 heterocycles. The minimum absolute atomic E-state index is 0.0977. The van der Waals surface area contributed by atoms with E-state index in [0.717, 1.165) is 13.1 Å². The van der Waals surface area contributed by atoms with Crippen LogP contribution in [0.15, 0.2) is 0 Å². The van der Waals surface area contributed by atoms with Gasteiger partial charge in [-0.05, 0) is 33.4 Å². The smallest absolute Gasteiger partial charge is 0.221 e. The van der Waals surface area contributed by atoms with E-state index in [9.17, 15) is 4.79 Å². The third kappa shape index (κ3) is 5.80. The van der Waals surface area contributed by atoms with E-state index in [1.807, 2.05) is 0 Å². The van der Waals surface area contributed by atoms with Crippen molar-refractivity contribution in [2.45, 2.75) is 38.3 Å². The Labute approximate surface area is 110 Å². The molecule has 0 aromatic heterocycles. The van der Waals surface area contributed by atoms with E-state index in [-0.39, 0.29) is 5.91 Å². The molecule has 0 radical (unpaired) electrons. The predicted octanol–water partition coefficient (Wildman–Crippen LogP) is 0.211. The highest BCUT2D eigenvalue weighted by atomic mass is 16.5. The first-order valence-corrected chi connectivity index (χ1v) is 6.82. The van der Waals surface area contributed by atoms with Crippen LogP contribution in [0.4, 0.5) is 0 Å². The molecule has 0 bridgehead atoms. The highest BCUT2D eigenvalue weighted by molar-refractivity contribution is 5.76. The lowest BCUT2D eigenvalue weighted by molar-refractivity contribution is -0.121. The average molecular weight is 257 g/mol. The molecule has 18 heavy (non-hydrogen) atoms. The van der Waals surface area contributed by atoms with Gasteiger partial charge in [-0.15, -0.1) is 0 Å². The van der Waals surface area contributed by atoms with Gasteiger partial charge in [0.2, 0.25) is 5.91 Å². The number of likely N-dealkylation sites (tertiary alicyclic amines) is 1. The second-order valence-corrected chi connectivity index (χ2v) is 5.10. The molecule has 5 nitrogen and oxygen atoms in total. The van der Waals surface area contributed by atoms with Crippen molar-refractivity contribution in [1.82, 2.24) is 15.5 Å². The van der Waals surface area contributed by atoms with Gasteiger partial charge in [-0.3, -0.25) is 4.79 Å². The Balaban J connectivity index is 2.05. The number of methoxy groups -OCH3 is 1. The van der Waals surface area contributed by atoms with Crippen LogP contribution >= 0.6 is 0 Å². The number of carbonyl (C=O) groups is 1. The van der Waals surface area contributed by atoms with Crippen LogP contribution in [0.25, 0.3) is 0 Å². The highest BCUT2D eigenvalue weighted by Crippen LogP contribution is 2.14. The van der Waals surface area contributed by atoms with E-state index in [2.05, 4.69) is 29.5 Å². The zero-order valence-electron chi connectivity index (χ0n) is 11.9. The first-order valence-electron chi connectivity index (χ1n) is 6.82. The molecule has 2 unspecified atom stereocenters. The van der Waals surface area contributed by atoms with E-state index >= 15 is 0 Å². The van der Waals surface area contributed by atoms with Gasteiger partial charge in [-0.1, -0.05) is 0 Å². The van der Waals surface area contributed by atoms with E-state index in [0.29, 0.717) is 31.7 Å². The summed E-state index contributed by atoms with van der Waals surface area (Å²) in [6, 6.07) is 1.19. The number of carbonyl (C=O) groups excluding carboxylic acids is 1. The van der Waals surface area contributed by atoms with Crippen LogP contribution in [0.5, 0.6) is 0 Å². The lowest BCUT2D eigenvalue weighted by Gasteiger charge is -2.35. The molecule has 0 aromatic rings. The minimum atomic E-state index is 0.0977. The molecular weight excluding hydrogens is 230 g/mol. The first kappa shape index (κ1) is 15.4.